The lowest BCUT2D eigenvalue weighted by molar-refractivity contribution is -0.143. The zero-order valence-electron chi connectivity index (χ0n) is 18.6. The summed E-state index contributed by atoms with van der Waals surface area (Å²) in [6.45, 7) is 5.60. The van der Waals surface area contributed by atoms with Crippen LogP contribution >= 0.6 is 23.2 Å². The van der Waals surface area contributed by atoms with Crippen molar-refractivity contribution in [3.8, 4) is 0 Å². The van der Waals surface area contributed by atoms with Gasteiger partial charge < -0.3 is 14.7 Å². The molecule has 0 N–H and O–H groups in total. The Morgan fingerprint density at radius 3 is 2.16 bits per heavy atom. The molecule has 3 aliphatic heterocycles. The van der Waals surface area contributed by atoms with Gasteiger partial charge in [0.2, 0.25) is 11.8 Å². The topological polar surface area (TPSA) is 60.9 Å². The molecular weight excluding hydrogens is 449 g/mol. The molecule has 3 fully saturated rings. The van der Waals surface area contributed by atoms with Crippen LogP contribution in [-0.4, -0.2) is 71.2 Å². The molecule has 8 heteroatoms. The van der Waals surface area contributed by atoms with Gasteiger partial charge in [0.15, 0.2) is 0 Å². The SMILES string of the molecule is CC1CCN(C(=O)C2CCN(C(=O)C3CCCN3C(=O)c3cc(Cl)ccc3Cl)CC2)CC1. The molecule has 1 atom stereocenters. The molecule has 0 bridgehead atoms. The van der Waals surface area contributed by atoms with Gasteiger partial charge in [-0.15, -0.1) is 0 Å². The van der Waals surface area contributed by atoms with E-state index < -0.39 is 6.04 Å². The van der Waals surface area contributed by atoms with E-state index >= 15 is 0 Å². The van der Waals surface area contributed by atoms with Crippen molar-refractivity contribution in [1.82, 2.24) is 14.7 Å². The van der Waals surface area contributed by atoms with Crippen LogP contribution in [0.2, 0.25) is 10.0 Å². The van der Waals surface area contributed by atoms with Crippen molar-refractivity contribution in [3.63, 3.8) is 0 Å². The number of rotatable bonds is 3. The van der Waals surface area contributed by atoms with Crippen LogP contribution in [0.25, 0.3) is 0 Å². The number of halogens is 2. The lowest BCUT2D eigenvalue weighted by Crippen LogP contribution is -2.51. The minimum Gasteiger partial charge on any atom is -0.342 e. The zero-order chi connectivity index (χ0) is 22.8. The van der Waals surface area contributed by atoms with Crippen molar-refractivity contribution < 1.29 is 14.4 Å². The van der Waals surface area contributed by atoms with E-state index in [2.05, 4.69) is 6.92 Å². The number of benzene rings is 1. The molecule has 1 unspecified atom stereocenters. The Hall–Kier alpha value is -1.79. The lowest BCUT2D eigenvalue weighted by Gasteiger charge is -2.38. The maximum atomic E-state index is 13.3. The number of carbonyl (C=O) groups excluding carboxylic acids is 3. The van der Waals surface area contributed by atoms with E-state index in [0.717, 1.165) is 32.4 Å². The number of amides is 3. The summed E-state index contributed by atoms with van der Waals surface area (Å²) in [5, 5.41) is 0.777. The van der Waals surface area contributed by atoms with E-state index in [1.54, 1.807) is 23.1 Å². The molecule has 3 amide bonds. The van der Waals surface area contributed by atoms with Crippen LogP contribution in [0.5, 0.6) is 0 Å². The fourth-order valence-corrected chi connectivity index (χ4v) is 5.50. The van der Waals surface area contributed by atoms with E-state index in [1.807, 2.05) is 9.80 Å². The van der Waals surface area contributed by atoms with Crippen LogP contribution in [0.4, 0.5) is 0 Å². The zero-order valence-corrected chi connectivity index (χ0v) is 20.1. The minimum absolute atomic E-state index is 0.000892. The average molecular weight is 480 g/mol. The average Bonchev–Trinajstić information content (AvgIpc) is 3.30. The smallest absolute Gasteiger partial charge is 0.256 e. The first-order chi connectivity index (χ1) is 15.3. The van der Waals surface area contributed by atoms with Crippen molar-refractivity contribution in [1.29, 1.82) is 0 Å². The monoisotopic (exact) mass is 479 g/mol. The molecular formula is C24H31Cl2N3O3. The summed E-state index contributed by atoms with van der Waals surface area (Å²) in [6, 6.07) is 4.33. The van der Waals surface area contributed by atoms with Gasteiger partial charge in [-0.1, -0.05) is 30.1 Å². The lowest BCUT2D eigenvalue weighted by atomic mass is 9.92. The first-order valence-corrected chi connectivity index (χ1v) is 12.4. The van der Waals surface area contributed by atoms with Gasteiger partial charge in [0.05, 0.1) is 10.6 Å². The minimum atomic E-state index is -0.478. The predicted molar refractivity (Wildman–Crippen MR) is 125 cm³/mol. The molecule has 3 aliphatic rings. The van der Waals surface area contributed by atoms with E-state index in [1.165, 1.54) is 0 Å². The van der Waals surface area contributed by atoms with Gasteiger partial charge >= 0.3 is 0 Å². The Morgan fingerprint density at radius 1 is 0.844 bits per heavy atom. The van der Waals surface area contributed by atoms with E-state index in [0.29, 0.717) is 60.4 Å². The normalized spacial score (nSPS) is 23.0. The van der Waals surface area contributed by atoms with Gasteiger partial charge in [0.1, 0.15) is 6.04 Å². The molecule has 0 aliphatic carbocycles. The second kappa shape index (κ2) is 10.0. The molecule has 0 aromatic heterocycles. The standard InChI is InChI=1S/C24H31Cl2N3O3/c1-16-6-11-27(12-7-16)22(30)17-8-13-28(14-9-17)24(32)21-3-2-10-29(21)23(31)19-15-18(25)4-5-20(19)26/h4-5,15-17,21H,2-3,6-14H2,1H3. The van der Waals surface area contributed by atoms with Crippen molar-refractivity contribution >= 4 is 40.9 Å². The Morgan fingerprint density at radius 2 is 1.47 bits per heavy atom. The molecule has 6 nitrogen and oxygen atoms in total. The number of piperidine rings is 2. The molecule has 0 spiro atoms. The Kier molecular flexibility index (Phi) is 7.30. The number of nitrogens with zero attached hydrogens (tertiary/aromatic N) is 3. The second-order valence-corrected chi connectivity index (χ2v) is 10.2. The fourth-order valence-electron chi connectivity index (χ4n) is 5.13. The molecule has 0 radical (unpaired) electrons. The molecule has 3 heterocycles. The first-order valence-electron chi connectivity index (χ1n) is 11.7. The van der Waals surface area contributed by atoms with Crippen LogP contribution < -0.4 is 0 Å². The summed E-state index contributed by atoms with van der Waals surface area (Å²) in [5.41, 5.74) is 0.332. The Labute approximate surface area is 199 Å². The molecule has 1 aromatic carbocycles. The highest BCUT2D eigenvalue weighted by atomic mass is 35.5. The molecule has 174 valence electrons. The maximum absolute atomic E-state index is 13.3. The quantitative estimate of drug-likeness (QED) is 0.655. The van der Waals surface area contributed by atoms with Crippen molar-refractivity contribution in [2.75, 3.05) is 32.7 Å². The van der Waals surface area contributed by atoms with Crippen LogP contribution in [0.3, 0.4) is 0 Å². The molecule has 4 rings (SSSR count). The highest BCUT2D eigenvalue weighted by molar-refractivity contribution is 6.35. The summed E-state index contributed by atoms with van der Waals surface area (Å²) in [4.78, 5) is 44.8. The van der Waals surface area contributed by atoms with Gasteiger partial charge in [0.25, 0.3) is 5.91 Å². The number of hydrogen-bond acceptors (Lipinski definition) is 3. The second-order valence-electron chi connectivity index (χ2n) is 9.39. The molecule has 32 heavy (non-hydrogen) atoms. The Bertz CT molecular complexity index is 877. The molecule has 1 aromatic rings. The summed E-state index contributed by atoms with van der Waals surface area (Å²) in [5.74, 6) is 0.665. The summed E-state index contributed by atoms with van der Waals surface area (Å²) < 4.78 is 0. The number of hydrogen-bond donors (Lipinski definition) is 0. The molecule has 0 saturated carbocycles. The third-order valence-electron chi connectivity index (χ3n) is 7.21. The summed E-state index contributed by atoms with van der Waals surface area (Å²) in [6.07, 6.45) is 4.96. The number of likely N-dealkylation sites (tertiary alicyclic amines) is 3. The van der Waals surface area contributed by atoms with Crippen molar-refractivity contribution in [3.05, 3.63) is 33.8 Å². The van der Waals surface area contributed by atoms with Crippen LogP contribution in [0.1, 0.15) is 55.8 Å². The third kappa shape index (κ3) is 4.91. The Balaban J connectivity index is 1.35. The summed E-state index contributed by atoms with van der Waals surface area (Å²) in [7, 11) is 0. The fraction of sp³-hybridized carbons (Fsp3) is 0.625. The highest BCUT2D eigenvalue weighted by Crippen LogP contribution is 2.29. The predicted octanol–water partition coefficient (Wildman–Crippen LogP) is 4.10. The van der Waals surface area contributed by atoms with E-state index in [9.17, 15) is 14.4 Å². The number of carbonyl (C=O) groups is 3. The van der Waals surface area contributed by atoms with Crippen LogP contribution in [0.15, 0.2) is 18.2 Å². The van der Waals surface area contributed by atoms with Gasteiger partial charge in [-0.05, 0) is 62.6 Å². The molecule has 3 saturated heterocycles. The van der Waals surface area contributed by atoms with Gasteiger partial charge in [-0.2, -0.15) is 0 Å². The van der Waals surface area contributed by atoms with E-state index in [-0.39, 0.29) is 23.6 Å². The van der Waals surface area contributed by atoms with Crippen molar-refractivity contribution in [2.45, 2.75) is 51.5 Å². The van der Waals surface area contributed by atoms with Gasteiger partial charge in [-0.3, -0.25) is 14.4 Å². The van der Waals surface area contributed by atoms with E-state index in [4.69, 9.17) is 23.2 Å². The van der Waals surface area contributed by atoms with Crippen molar-refractivity contribution in [2.24, 2.45) is 11.8 Å². The summed E-state index contributed by atoms with van der Waals surface area (Å²) >= 11 is 12.3. The highest BCUT2D eigenvalue weighted by Gasteiger charge is 2.39. The largest absolute Gasteiger partial charge is 0.342 e. The van der Waals surface area contributed by atoms with Crippen LogP contribution in [0, 0.1) is 11.8 Å². The first kappa shape index (κ1) is 23.4. The van der Waals surface area contributed by atoms with Crippen LogP contribution in [-0.2, 0) is 9.59 Å². The van der Waals surface area contributed by atoms with Gasteiger partial charge in [-0.25, -0.2) is 0 Å². The van der Waals surface area contributed by atoms with Gasteiger partial charge in [0, 0.05) is 43.7 Å². The third-order valence-corrected chi connectivity index (χ3v) is 7.77. The maximum Gasteiger partial charge on any atom is 0.256 e.